The Kier molecular flexibility index (Phi) is 4.57. The highest BCUT2D eigenvalue weighted by atomic mass is 32.1. The lowest BCUT2D eigenvalue weighted by Gasteiger charge is -2.04. The van der Waals surface area contributed by atoms with Crippen molar-refractivity contribution >= 4 is 59.8 Å². The molecule has 5 aromatic rings. The van der Waals surface area contributed by atoms with Gasteiger partial charge in [-0.05, 0) is 36.4 Å². The number of methoxy groups -OCH3 is 1. The van der Waals surface area contributed by atoms with Gasteiger partial charge in [-0.2, -0.15) is 0 Å². The van der Waals surface area contributed by atoms with E-state index in [0.29, 0.717) is 20.5 Å². The molecule has 8 heteroatoms. The van der Waals surface area contributed by atoms with E-state index in [9.17, 15) is 4.79 Å². The van der Waals surface area contributed by atoms with Crippen LogP contribution in [0.15, 0.2) is 60.7 Å². The van der Waals surface area contributed by atoms with Crippen molar-refractivity contribution < 1.29 is 9.53 Å². The molecule has 0 aliphatic carbocycles. The van der Waals surface area contributed by atoms with Crippen LogP contribution in [0.3, 0.4) is 0 Å². The van der Waals surface area contributed by atoms with Gasteiger partial charge in [0.05, 0.1) is 28.7 Å². The SMILES string of the molecule is COc1cccc(-c2ccc3c(N)c(C(=O)Nc4nc5ccccc5s4)sc3n2)c1. The second kappa shape index (κ2) is 7.40. The molecule has 0 saturated carbocycles. The molecule has 0 bridgehead atoms. The van der Waals surface area contributed by atoms with Crippen LogP contribution in [0.4, 0.5) is 10.8 Å². The number of pyridine rings is 1. The van der Waals surface area contributed by atoms with Crippen LogP contribution in [0, 0.1) is 0 Å². The number of carbonyl (C=O) groups excluding carboxylic acids is 1. The minimum absolute atomic E-state index is 0.280. The highest BCUT2D eigenvalue weighted by molar-refractivity contribution is 7.23. The van der Waals surface area contributed by atoms with Gasteiger partial charge in [0.15, 0.2) is 5.13 Å². The number of para-hydroxylation sites is 1. The van der Waals surface area contributed by atoms with E-state index in [1.54, 1.807) is 7.11 Å². The number of rotatable bonds is 4. The second-order valence-electron chi connectivity index (χ2n) is 6.57. The van der Waals surface area contributed by atoms with Crippen LogP contribution in [-0.4, -0.2) is 23.0 Å². The van der Waals surface area contributed by atoms with Crippen LogP contribution >= 0.6 is 22.7 Å². The summed E-state index contributed by atoms with van der Waals surface area (Å²) < 4.78 is 6.31. The summed E-state index contributed by atoms with van der Waals surface area (Å²) >= 11 is 2.70. The molecule has 6 nitrogen and oxygen atoms in total. The maximum absolute atomic E-state index is 12.9. The van der Waals surface area contributed by atoms with E-state index in [0.717, 1.165) is 32.6 Å². The molecule has 30 heavy (non-hydrogen) atoms. The first-order valence-electron chi connectivity index (χ1n) is 9.13. The van der Waals surface area contributed by atoms with Crippen molar-refractivity contribution in [1.82, 2.24) is 9.97 Å². The van der Waals surface area contributed by atoms with Gasteiger partial charge in [0.25, 0.3) is 5.91 Å². The second-order valence-corrected chi connectivity index (χ2v) is 8.60. The van der Waals surface area contributed by atoms with E-state index in [1.807, 2.05) is 60.7 Å². The number of hydrogen-bond acceptors (Lipinski definition) is 7. The Hall–Kier alpha value is -3.49. The van der Waals surface area contributed by atoms with Crippen LogP contribution in [0.1, 0.15) is 9.67 Å². The third-order valence-electron chi connectivity index (χ3n) is 4.68. The van der Waals surface area contributed by atoms with Gasteiger partial charge in [-0.3, -0.25) is 10.1 Å². The number of nitrogens with one attached hydrogen (secondary N) is 1. The fraction of sp³-hybridized carbons (Fsp3) is 0.0455. The van der Waals surface area contributed by atoms with E-state index in [1.165, 1.54) is 22.7 Å². The van der Waals surface area contributed by atoms with Crippen molar-refractivity contribution in [2.75, 3.05) is 18.2 Å². The number of thiazole rings is 1. The lowest BCUT2D eigenvalue weighted by Crippen LogP contribution is -2.11. The summed E-state index contributed by atoms with van der Waals surface area (Å²) in [6, 6.07) is 19.2. The van der Waals surface area contributed by atoms with Crippen molar-refractivity contribution in [3.05, 3.63) is 65.5 Å². The first-order valence-corrected chi connectivity index (χ1v) is 10.8. The third kappa shape index (κ3) is 3.26. The van der Waals surface area contributed by atoms with Crippen molar-refractivity contribution in [3.63, 3.8) is 0 Å². The number of nitrogen functional groups attached to an aromatic ring is 1. The maximum atomic E-state index is 12.9. The number of amides is 1. The zero-order valence-electron chi connectivity index (χ0n) is 15.9. The summed E-state index contributed by atoms with van der Waals surface area (Å²) in [5.74, 6) is 0.480. The number of nitrogens with two attached hydrogens (primary N) is 1. The third-order valence-corrected chi connectivity index (χ3v) is 6.75. The number of fused-ring (bicyclic) bond motifs is 2. The lowest BCUT2D eigenvalue weighted by molar-refractivity contribution is 0.103. The predicted molar refractivity (Wildman–Crippen MR) is 124 cm³/mol. The molecule has 3 N–H and O–H groups in total. The van der Waals surface area contributed by atoms with E-state index in [4.69, 9.17) is 15.5 Å². The van der Waals surface area contributed by atoms with Crippen LogP contribution < -0.4 is 15.8 Å². The zero-order valence-corrected chi connectivity index (χ0v) is 17.5. The van der Waals surface area contributed by atoms with Gasteiger partial charge in [0.2, 0.25) is 0 Å². The van der Waals surface area contributed by atoms with E-state index < -0.39 is 0 Å². The van der Waals surface area contributed by atoms with Crippen LogP contribution in [0.25, 0.3) is 31.7 Å². The molecule has 0 saturated heterocycles. The highest BCUT2D eigenvalue weighted by Gasteiger charge is 2.19. The quantitative estimate of drug-likeness (QED) is 0.396. The number of thiophene rings is 1. The molecule has 0 atom stereocenters. The number of anilines is 2. The van der Waals surface area contributed by atoms with E-state index in [2.05, 4.69) is 10.3 Å². The molecule has 1 amide bonds. The normalized spacial score (nSPS) is 11.1. The summed E-state index contributed by atoms with van der Waals surface area (Å²) in [7, 11) is 1.63. The molecule has 0 fully saturated rings. The van der Waals surface area contributed by atoms with Crippen molar-refractivity contribution in [3.8, 4) is 17.0 Å². The minimum atomic E-state index is -0.280. The Bertz CT molecular complexity index is 1370. The number of hydrogen-bond donors (Lipinski definition) is 2. The van der Waals surface area contributed by atoms with Gasteiger partial charge in [-0.25, -0.2) is 9.97 Å². The van der Waals surface area contributed by atoms with Crippen LogP contribution in [-0.2, 0) is 0 Å². The summed E-state index contributed by atoms with van der Waals surface area (Å²) in [5, 5.41) is 4.17. The summed E-state index contributed by atoms with van der Waals surface area (Å²) in [5.41, 5.74) is 9.28. The molecule has 0 radical (unpaired) electrons. The van der Waals surface area contributed by atoms with Crippen molar-refractivity contribution in [2.24, 2.45) is 0 Å². The molecule has 3 aromatic heterocycles. The molecule has 148 valence electrons. The molecule has 0 aliphatic heterocycles. The van der Waals surface area contributed by atoms with Gasteiger partial charge in [0.1, 0.15) is 15.5 Å². The minimum Gasteiger partial charge on any atom is -0.497 e. The highest BCUT2D eigenvalue weighted by Crippen LogP contribution is 2.35. The first kappa shape index (κ1) is 18.5. The van der Waals surface area contributed by atoms with Crippen molar-refractivity contribution in [2.45, 2.75) is 0 Å². The monoisotopic (exact) mass is 432 g/mol. The Morgan fingerprint density at radius 1 is 1.03 bits per heavy atom. The Morgan fingerprint density at radius 2 is 1.90 bits per heavy atom. The van der Waals surface area contributed by atoms with Crippen LogP contribution in [0.2, 0.25) is 0 Å². The number of nitrogens with zero attached hydrogens (tertiary/aromatic N) is 2. The number of carbonyl (C=O) groups is 1. The Labute approximate surface area is 180 Å². The average Bonchev–Trinajstić information content (AvgIpc) is 3.33. The zero-order chi connectivity index (χ0) is 20.7. The fourth-order valence-corrected chi connectivity index (χ4v) is 5.04. The topological polar surface area (TPSA) is 90.1 Å². The molecular formula is C22H16N4O2S2. The molecule has 3 heterocycles. The molecular weight excluding hydrogens is 416 g/mol. The lowest BCUT2D eigenvalue weighted by atomic mass is 10.1. The maximum Gasteiger partial charge on any atom is 0.269 e. The summed E-state index contributed by atoms with van der Waals surface area (Å²) in [4.78, 5) is 23.2. The van der Waals surface area contributed by atoms with Gasteiger partial charge in [-0.15, -0.1) is 11.3 Å². The smallest absolute Gasteiger partial charge is 0.269 e. The average molecular weight is 433 g/mol. The first-order chi connectivity index (χ1) is 14.6. The Balaban J connectivity index is 1.48. The van der Waals surface area contributed by atoms with E-state index >= 15 is 0 Å². The molecule has 0 unspecified atom stereocenters. The molecule has 2 aromatic carbocycles. The van der Waals surface area contributed by atoms with Gasteiger partial charge < -0.3 is 10.5 Å². The van der Waals surface area contributed by atoms with Gasteiger partial charge >= 0.3 is 0 Å². The summed E-state index contributed by atoms with van der Waals surface area (Å²) in [6.07, 6.45) is 0. The summed E-state index contributed by atoms with van der Waals surface area (Å²) in [6.45, 7) is 0. The number of aromatic nitrogens is 2. The van der Waals surface area contributed by atoms with Crippen LogP contribution in [0.5, 0.6) is 5.75 Å². The fourth-order valence-electron chi connectivity index (χ4n) is 3.19. The van der Waals surface area contributed by atoms with E-state index in [-0.39, 0.29) is 5.91 Å². The number of benzene rings is 2. The standard InChI is InChI=1S/C22H16N4O2S2/c1-28-13-6-4-5-12(11-13)15-10-9-14-18(23)19(30-21(14)24-15)20(27)26-22-25-16-7-2-3-8-17(16)29-22/h2-11H,23H2,1H3,(H,25,26,27). The molecule has 0 aliphatic rings. The molecule has 5 rings (SSSR count). The van der Waals surface area contributed by atoms with Gasteiger partial charge in [-0.1, -0.05) is 35.6 Å². The predicted octanol–water partition coefficient (Wildman–Crippen LogP) is 5.42. The number of ether oxygens (including phenoxy) is 1. The molecule has 0 spiro atoms. The van der Waals surface area contributed by atoms with Gasteiger partial charge in [0, 0.05) is 10.9 Å². The van der Waals surface area contributed by atoms with Crippen molar-refractivity contribution in [1.29, 1.82) is 0 Å². The largest absolute Gasteiger partial charge is 0.497 e. The Morgan fingerprint density at radius 3 is 2.73 bits per heavy atom.